The monoisotopic (exact) mass is 244 g/mol. The summed E-state index contributed by atoms with van der Waals surface area (Å²) in [4.78, 5) is 2.12. The Labute approximate surface area is 107 Å². The minimum absolute atomic E-state index is 0.223. The maximum Gasteiger partial charge on any atom is 0.123 e. The summed E-state index contributed by atoms with van der Waals surface area (Å²) in [7, 11) is 0. The summed E-state index contributed by atoms with van der Waals surface area (Å²) in [6.07, 6.45) is 0. The van der Waals surface area contributed by atoms with Crippen molar-refractivity contribution in [3.05, 3.63) is 53.8 Å². The van der Waals surface area contributed by atoms with Crippen LogP contribution in [0.15, 0.2) is 42.5 Å². The van der Waals surface area contributed by atoms with Gasteiger partial charge in [-0.3, -0.25) is 0 Å². The molecule has 0 aliphatic carbocycles. The fourth-order valence-electron chi connectivity index (χ4n) is 2.03. The molecule has 2 nitrogen and oxygen atoms in total. The first-order chi connectivity index (χ1) is 8.61. The average Bonchev–Trinajstić information content (AvgIpc) is 2.37. The van der Waals surface area contributed by atoms with Crippen molar-refractivity contribution < 1.29 is 4.39 Å². The number of nitrogens with two attached hydrogens (primary N) is 1. The standard InChI is InChI=1S/C15H17FN2/c1-3-18(14-8-5-12(16)6-9-14)15-10-13(17)7-4-11(15)2/h4-10H,3,17H2,1-2H3. The van der Waals surface area contributed by atoms with E-state index in [1.807, 2.05) is 25.1 Å². The minimum atomic E-state index is -0.223. The summed E-state index contributed by atoms with van der Waals surface area (Å²) in [5.41, 5.74) is 9.74. The molecule has 0 aromatic heterocycles. The van der Waals surface area contributed by atoms with Gasteiger partial charge in [-0.1, -0.05) is 6.07 Å². The molecule has 0 fully saturated rings. The van der Waals surface area contributed by atoms with Gasteiger partial charge in [-0.25, -0.2) is 4.39 Å². The highest BCUT2D eigenvalue weighted by Gasteiger charge is 2.10. The minimum Gasteiger partial charge on any atom is -0.399 e. The number of benzene rings is 2. The summed E-state index contributed by atoms with van der Waals surface area (Å²) >= 11 is 0. The van der Waals surface area contributed by atoms with E-state index in [-0.39, 0.29) is 5.82 Å². The number of nitrogens with zero attached hydrogens (tertiary/aromatic N) is 1. The lowest BCUT2D eigenvalue weighted by Gasteiger charge is -2.25. The van der Waals surface area contributed by atoms with E-state index in [9.17, 15) is 4.39 Å². The molecule has 2 aromatic rings. The largest absolute Gasteiger partial charge is 0.399 e. The zero-order valence-electron chi connectivity index (χ0n) is 10.7. The third kappa shape index (κ3) is 2.45. The fourth-order valence-corrected chi connectivity index (χ4v) is 2.03. The van der Waals surface area contributed by atoms with E-state index in [0.717, 1.165) is 29.2 Å². The maximum atomic E-state index is 13.0. The molecule has 2 rings (SSSR count). The molecule has 0 atom stereocenters. The number of nitrogen functional groups attached to an aromatic ring is 1. The molecule has 2 aromatic carbocycles. The van der Waals surface area contributed by atoms with Gasteiger partial charge in [-0.15, -0.1) is 0 Å². The Kier molecular flexibility index (Phi) is 3.51. The van der Waals surface area contributed by atoms with Crippen LogP contribution in [0.25, 0.3) is 0 Å². The smallest absolute Gasteiger partial charge is 0.123 e. The van der Waals surface area contributed by atoms with Gasteiger partial charge in [0, 0.05) is 23.6 Å². The van der Waals surface area contributed by atoms with Crippen molar-refractivity contribution in [2.75, 3.05) is 17.2 Å². The van der Waals surface area contributed by atoms with Crippen molar-refractivity contribution in [2.24, 2.45) is 0 Å². The number of rotatable bonds is 3. The summed E-state index contributed by atoms with van der Waals surface area (Å²) < 4.78 is 13.0. The lowest BCUT2D eigenvalue weighted by molar-refractivity contribution is 0.628. The van der Waals surface area contributed by atoms with Crippen LogP contribution in [0.2, 0.25) is 0 Å². The lowest BCUT2D eigenvalue weighted by Crippen LogP contribution is -2.17. The molecule has 0 aliphatic rings. The number of hydrogen-bond acceptors (Lipinski definition) is 2. The Hall–Kier alpha value is -2.03. The second-order valence-electron chi connectivity index (χ2n) is 4.27. The van der Waals surface area contributed by atoms with E-state index in [1.165, 1.54) is 12.1 Å². The molecule has 94 valence electrons. The zero-order chi connectivity index (χ0) is 13.1. The Morgan fingerprint density at radius 1 is 1.11 bits per heavy atom. The topological polar surface area (TPSA) is 29.3 Å². The summed E-state index contributed by atoms with van der Waals surface area (Å²) in [6, 6.07) is 12.3. The van der Waals surface area contributed by atoms with E-state index in [0.29, 0.717) is 0 Å². The Morgan fingerprint density at radius 3 is 2.39 bits per heavy atom. The van der Waals surface area contributed by atoms with Gasteiger partial charge in [0.2, 0.25) is 0 Å². The van der Waals surface area contributed by atoms with Gasteiger partial charge >= 0.3 is 0 Å². The first kappa shape index (κ1) is 12.4. The highest BCUT2D eigenvalue weighted by atomic mass is 19.1. The van der Waals surface area contributed by atoms with Crippen LogP contribution < -0.4 is 10.6 Å². The molecule has 0 spiro atoms. The molecule has 0 bridgehead atoms. The fraction of sp³-hybridized carbons (Fsp3) is 0.200. The number of anilines is 3. The number of halogens is 1. The molecule has 0 aliphatic heterocycles. The van der Waals surface area contributed by atoms with Gasteiger partial charge in [-0.2, -0.15) is 0 Å². The van der Waals surface area contributed by atoms with E-state index in [4.69, 9.17) is 5.73 Å². The number of aryl methyl sites for hydroxylation is 1. The van der Waals surface area contributed by atoms with Crippen LogP contribution in [0.5, 0.6) is 0 Å². The first-order valence-electron chi connectivity index (χ1n) is 6.01. The Bertz CT molecular complexity index is 535. The lowest BCUT2D eigenvalue weighted by atomic mass is 10.1. The normalized spacial score (nSPS) is 10.4. The van der Waals surface area contributed by atoms with Crippen LogP contribution >= 0.6 is 0 Å². The van der Waals surface area contributed by atoms with Crippen LogP contribution in [-0.4, -0.2) is 6.54 Å². The molecule has 0 saturated carbocycles. The first-order valence-corrected chi connectivity index (χ1v) is 6.01. The van der Waals surface area contributed by atoms with Crippen molar-refractivity contribution in [3.8, 4) is 0 Å². The van der Waals surface area contributed by atoms with Gasteiger partial charge in [-0.05, 0) is 55.8 Å². The van der Waals surface area contributed by atoms with Crippen molar-refractivity contribution >= 4 is 17.1 Å². The molecule has 0 radical (unpaired) electrons. The quantitative estimate of drug-likeness (QED) is 0.830. The molecule has 18 heavy (non-hydrogen) atoms. The summed E-state index contributed by atoms with van der Waals surface area (Å²) in [6.45, 7) is 4.91. The highest BCUT2D eigenvalue weighted by Crippen LogP contribution is 2.29. The van der Waals surface area contributed by atoms with Gasteiger partial charge in [0.1, 0.15) is 5.82 Å². The molecular weight excluding hydrogens is 227 g/mol. The molecule has 0 heterocycles. The SMILES string of the molecule is CCN(c1ccc(F)cc1)c1cc(N)ccc1C. The third-order valence-electron chi connectivity index (χ3n) is 2.98. The van der Waals surface area contributed by atoms with E-state index in [1.54, 1.807) is 12.1 Å². The van der Waals surface area contributed by atoms with Crippen LogP contribution in [0.3, 0.4) is 0 Å². The van der Waals surface area contributed by atoms with Crippen LogP contribution in [0.4, 0.5) is 21.5 Å². The molecule has 3 heteroatoms. The summed E-state index contributed by atoms with van der Waals surface area (Å²) in [5, 5.41) is 0. The zero-order valence-corrected chi connectivity index (χ0v) is 10.7. The number of hydrogen-bond donors (Lipinski definition) is 1. The Morgan fingerprint density at radius 2 is 1.78 bits per heavy atom. The van der Waals surface area contributed by atoms with E-state index < -0.39 is 0 Å². The van der Waals surface area contributed by atoms with Crippen LogP contribution in [0.1, 0.15) is 12.5 Å². The highest BCUT2D eigenvalue weighted by molar-refractivity contribution is 5.69. The maximum absolute atomic E-state index is 13.0. The molecule has 2 N–H and O–H groups in total. The Balaban J connectivity index is 2.44. The molecular formula is C15H17FN2. The molecule has 0 amide bonds. The molecule has 0 unspecified atom stereocenters. The second-order valence-corrected chi connectivity index (χ2v) is 4.27. The van der Waals surface area contributed by atoms with Crippen LogP contribution in [0, 0.1) is 12.7 Å². The van der Waals surface area contributed by atoms with Crippen molar-refractivity contribution in [1.29, 1.82) is 0 Å². The molecule has 0 saturated heterocycles. The predicted octanol–water partition coefficient (Wildman–Crippen LogP) is 3.87. The van der Waals surface area contributed by atoms with Gasteiger partial charge in [0.05, 0.1) is 0 Å². The van der Waals surface area contributed by atoms with Gasteiger partial charge < -0.3 is 10.6 Å². The van der Waals surface area contributed by atoms with Crippen LogP contribution in [-0.2, 0) is 0 Å². The van der Waals surface area contributed by atoms with E-state index in [2.05, 4.69) is 11.8 Å². The van der Waals surface area contributed by atoms with Crippen molar-refractivity contribution in [3.63, 3.8) is 0 Å². The average molecular weight is 244 g/mol. The van der Waals surface area contributed by atoms with Gasteiger partial charge in [0.25, 0.3) is 0 Å². The summed E-state index contributed by atoms with van der Waals surface area (Å²) in [5.74, 6) is -0.223. The second kappa shape index (κ2) is 5.08. The third-order valence-corrected chi connectivity index (χ3v) is 2.98. The van der Waals surface area contributed by atoms with Crippen molar-refractivity contribution in [1.82, 2.24) is 0 Å². The van der Waals surface area contributed by atoms with E-state index >= 15 is 0 Å². The van der Waals surface area contributed by atoms with Crippen molar-refractivity contribution in [2.45, 2.75) is 13.8 Å². The predicted molar refractivity (Wildman–Crippen MR) is 74.7 cm³/mol. The van der Waals surface area contributed by atoms with Gasteiger partial charge in [0.15, 0.2) is 0 Å².